The van der Waals surface area contributed by atoms with Gasteiger partial charge in [-0.15, -0.1) is 0 Å². The quantitative estimate of drug-likeness (QED) is 0.0506. The average Bonchev–Trinajstić information content (AvgIpc) is 3.80. The van der Waals surface area contributed by atoms with Crippen LogP contribution in [-0.2, 0) is 33.5 Å². The van der Waals surface area contributed by atoms with Gasteiger partial charge in [-0.2, -0.15) is 0 Å². The molecule has 362 valence electrons. The number of nitrogens with one attached hydrogen (secondary N) is 4. The Kier molecular flexibility index (Phi) is 17.7. The highest BCUT2D eigenvalue weighted by Crippen LogP contribution is 2.32. The van der Waals surface area contributed by atoms with Gasteiger partial charge in [0.1, 0.15) is 30.1 Å². The number of carbonyl (C=O) groups is 9. The van der Waals surface area contributed by atoms with Gasteiger partial charge >= 0.3 is 11.9 Å². The highest BCUT2D eigenvalue weighted by Gasteiger charge is 2.45. The van der Waals surface area contributed by atoms with E-state index < -0.39 is 89.9 Å². The molecule has 0 spiro atoms. The van der Waals surface area contributed by atoms with Gasteiger partial charge < -0.3 is 46.5 Å². The van der Waals surface area contributed by atoms with E-state index in [2.05, 4.69) is 21.3 Å². The van der Waals surface area contributed by atoms with Crippen molar-refractivity contribution in [3.63, 3.8) is 0 Å². The third kappa shape index (κ3) is 13.6. The molecule has 6 rings (SSSR count). The lowest BCUT2D eigenvalue weighted by Crippen LogP contribution is -2.58. The number of nitrogens with two attached hydrogens (primary N) is 1. The van der Waals surface area contributed by atoms with Crippen LogP contribution in [0.3, 0.4) is 0 Å². The van der Waals surface area contributed by atoms with Gasteiger partial charge in [-0.05, 0) is 80.0 Å². The van der Waals surface area contributed by atoms with Crippen LogP contribution < -0.4 is 31.7 Å². The Hall–Kier alpha value is -7.89. The molecule has 1 saturated heterocycles. The maximum absolute atomic E-state index is 15.0. The molecule has 2 fully saturated rings. The van der Waals surface area contributed by atoms with Gasteiger partial charge in [0.25, 0.3) is 23.6 Å². The first-order chi connectivity index (χ1) is 33.2. The number of ether oxygens (including phenoxy) is 2. The summed E-state index contributed by atoms with van der Waals surface area (Å²) in [4.78, 5) is 122. The van der Waals surface area contributed by atoms with Crippen molar-refractivity contribution in [1.29, 1.82) is 0 Å². The largest absolute Gasteiger partial charge is 0.478 e. The smallest absolute Gasteiger partial charge is 0.336 e. The highest BCUT2D eigenvalue weighted by atomic mass is 16.5. The number of likely N-dealkylation sites (tertiary alicyclic amines) is 1. The van der Waals surface area contributed by atoms with Crippen molar-refractivity contribution in [2.45, 2.75) is 82.5 Å². The van der Waals surface area contributed by atoms with Crippen molar-refractivity contribution in [1.82, 2.24) is 26.2 Å². The van der Waals surface area contributed by atoms with Gasteiger partial charge in [-0.25, -0.2) is 4.79 Å². The van der Waals surface area contributed by atoms with Crippen LogP contribution in [0.5, 0.6) is 11.5 Å². The first kappa shape index (κ1) is 50.5. The Labute approximate surface area is 398 Å². The highest BCUT2D eigenvalue weighted by molar-refractivity contribution is 6.38. The Morgan fingerprint density at radius 1 is 0.754 bits per heavy atom. The maximum atomic E-state index is 15.0. The number of esters is 1. The van der Waals surface area contributed by atoms with E-state index in [-0.39, 0.29) is 43.0 Å². The molecule has 1 aliphatic heterocycles. The number of carboxylic acid groups (broad SMARTS) is 1. The van der Waals surface area contributed by atoms with Crippen LogP contribution >= 0.6 is 0 Å². The Bertz CT molecular complexity index is 2510. The van der Waals surface area contributed by atoms with Gasteiger partial charge in [0.05, 0.1) is 17.2 Å². The van der Waals surface area contributed by atoms with Crippen molar-refractivity contribution >= 4 is 53.2 Å². The topological polar surface area (TPSA) is 270 Å². The lowest BCUT2D eigenvalue weighted by Gasteiger charge is -2.35. The van der Waals surface area contributed by atoms with Gasteiger partial charge in [0.15, 0.2) is 0 Å². The van der Waals surface area contributed by atoms with E-state index >= 15 is 0 Å². The number of carboxylic acids is 1. The van der Waals surface area contributed by atoms with E-state index in [0.29, 0.717) is 41.9 Å². The summed E-state index contributed by atoms with van der Waals surface area (Å²) in [5.74, 6) is -8.15. The minimum atomic E-state index is -1.45. The second-order valence-corrected chi connectivity index (χ2v) is 17.0. The second kappa shape index (κ2) is 24.2. The Morgan fingerprint density at radius 2 is 1.41 bits per heavy atom. The van der Waals surface area contributed by atoms with E-state index in [4.69, 9.17) is 15.2 Å². The maximum Gasteiger partial charge on any atom is 0.336 e. The molecular weight excluding hydrogens is 889 g/mol. The van der Waals surface area contributed by atoms with E-state index in [1.165, 1.54) is 41.3 Å². The minimum absolute atomic E-state index is 0.00284. The Morgan fingerprint density at radius 3 is 2.07 bits per heavy atom. The number of nitrogens with zero attached hydrogens (tertiary/aromatic N) is 1. The van der Waals surface area contributed by atoms with Gasteiger partial charge in [-0.1, -0.05) is 99.3 Å². The van der Waals surface area contributed by atoms with Crippen molar-refractivity contribution in [2.24, 2.45) is 17.6 Å². The summed E-state index contributed by atoms with van der Waals surface area (Å²) >= 11 is 0. The number of hydrogen-bond donors (Lipinski definition) is 6. The molecule has 0 aromatic heterocycles. The fourth-order valence-corrected chi connectivity index (χ4v) is 8.66. The summed E-state index contributed by atoms with van der Waals surface area (Å²) < 4.78 is 11.1. The molecule has 0 bridgehead atoms. The van der Waals surface area contributed by atoms with Gasteiger partial charge in [0.2, 0.25) is 23.7 Å². The van der Waals surface area contributed by atoms with Crippen molar-refractivity contribution in [3.05, 3.63) is 131 Å². The van der Waals surface area contributed by atoms with E-state index in [1.54, 1.807) is 61.5 Å². The van der Waals surface area contributed by atoms with Crippen molar-refractivity contribution in [2.75, 3.05) is 19.6 Å². The predicted octanol–water partition coefficient (Wildman–Crippen LogP) is 4.24. The summed E-state index contributed by atoms with van der Waals surface area (Å²) in [5.41, 5.74) is 5.63. The number of hydrogen-bond acceptors (Lipinski definition) is 11. The molecule has 0 radical (unpaired) electrons. The SMILES string of the molecule is CCCC(NC(=O)C1C[C@@H](CNC(=O)c2cccc(Oc3ccccc3)c2)CN1C(=O)[C@@H](NC(=O)c1ccccc1C(=O)O)C1CCCCC1)C(=O)C(=O)NCC(=O)O[C@H](C(N)=O)c1ccccc1. The van der Waals surface area contributed by atoms with E-state index in [9.17, 15) is 48.3 Å². The molecule has 4 aromatic carbocycles. The minimum Gasteiger partial charge on any atom is -0.478 e. The molecule has 2 unspecified atom stereocenters. The van der Waals surface area contributed by atoms with Gasteiger partial charge in [0, 0.05) is 24.2 Å². The molecule has 4 aromatic rings. The summed E-state index contributed by atoms with van der Waals surface area (Å²) in [5, 5.41) is 20.4. The Balaban J connectivity index is 1.20. The molecule has 1 saturated carbocycles. The molecule has 6 amide bonds. The average molecular weight is 945 g/mol. The first-order valence-electron chi connectivity index (χ1n) is 22.9. The molecule has 5 atom stereocenters. The van der Waals surface area contributed by atoms with Crippen molar-refractivity contribution in [3.8, 4) is 11.5 Å². The number of ketones is 1. The van der Waals surface area contributed by atoms with Crippen LogP contribution in [0, 0.1) is 11.8 Å². The molecule has 18 nitrogen and oxygen atoms in total. The number of primary amides is 1. The second-order valence-electron chi connectivity index (χ2n) is 17.0. The van der Waals surface area contributed by atoms with Crippen LogP contribution in [0.25, 0.3) is 0 Å². The molecule has 1 heterocycles. The first-order valence-corrected chi connectivity index (χ1v) is 22.9. The molecular formula is C51H56N6O12. The predicted molar refractivity (Wildman–Crippen MR) is 249 cm³/mol. The fourth-order valence-electron chi connectivity index (χ4n) is 8.66. The fraction of sp³-hybridized carbons (Fsp3) is 0.353. The van der Waals surface area contributed by atoms with Crippen LogP contribution in [0.4, 0.5) is 0 Å². The monoisotopic (exact) mass is 944 g/mol. The number of rotatable bonds is 21. The molecule has 18 heteroatoms. The van der Waals surface area contributed by atoms with E-state index in [0.717, 1.165) is 19.3 Å². The zero-order valence-corrected chi connectivity index (χ0v) is 38.1. The summed E-state index contributed by atoms with van der Waals surface area (Å²) in [6, 6.07) is 25.4. The van der Waals surface area contributed by atoms with Crippen LogP contribution in [0.1, 0.15) is 101 Å². The van der Waals surface area contributed by atoms with Crippen LogP contribution in [0.15, 0.2) is 109 Å². The number of Topliss-reactive ketones (excluding diaryl/α,β-unsaturated/α-hetero) is 1. The van der Waals surface area contributed by atoms with Gasteiger partial charge in [-0.3, -0.25) is 38.4 Å². The van der Waals surface area contributed by atoms with Crippen molar-refractivity contribution < 1.29 is 57.7 Å². The zero-order chi connectivity index (χ0) is 49.5. The standard InChI is InChI=1S/C51H56N6O12/c1-2-15-39(43(59)49(64)54-29-41(58)69-44(45(52)60)33-18-8-4-9-19-33)55-48(63)40-26-31(28-53-46(61)34-20-14-23-36(27-34)68-35-21-10-5-11-22-35)30-57(40)50(65)42(32-16-6-3-7-17-32)56-47(62)37-24-12-13-25-38(37)51(66)67/h4-5,8-14,18-25,27,31-32,39-40,42,44H,2-3,6-7,15-17,26,28-30H2,1H3,(H2,52,60)(H,53,61)(H,54,64)(H,55,63)(H,56,62)(H,66,67)/t31-,39?,40?,42-,44-/m0/s1. The zero-order valence-electron chi connectivity index (χ0n) is 38.1. The number of aromatic carboxylic acids is 1. The lowest BCUT2D eigenvalue weighted by molar-refractivity contribution is -0.155. The molecule has 1 aliphatic carbocycles. The van der Waals surface area contributed by atoms with Crippen LogP contribution in [0.2, 0.25) is 0 Å². The molecule has 69 heavy (non-hydrogen) atoms. The number of benzene rings is 4. The number of para-hydroxylation sites is 1. The number of amides is 6. The summed E-state index contributed by atoms with van der Waals surface area (Å²) in [6.07, 6.45) is 2.47. The lowest BCUT2D eigenvalue weighted by atomic mass is 9.83. The summed E-state index contributed by atoms with van der Waals surface area (Å²) in [6.45, 7) is 0.882. The van der Waals surface area contributed by atoms with Crippen LogP contribution in [-0.4, -0.2) is 101 Å². The number of carbonyl (C=O) groups excluding carboxylic acids is 8. The third-order valence-electron chi connectivity index (χ3n) is 12.1. The summed E-state index contributed by atoms with van der Waals surface area (Å²) in [7, 11) is 0. The molecule has 2 aliphatic rings. The van der Waals surface area contributed by atoms with E-state index in [1.807, 2.05) is 18.2 Å². The normalized spacial score (nSPS) is 17.0. The molecule has 7 N–H and O–H groups in total. The third-order valence-corrected chi connectivity index (χ3v) is 12.1.